The Balaban J connectivity index is 1.44. The first-order chi connectivity index (χ1) is 17.8. The van der Waals surface area contributed by atoms with Gasteiger partial charge in [-0.2, -0.15) is 0 Å². The van der Waals surface area contributed by atoms with Crippen molar-refractivity contribution in [2.45, 2.75) is 0 Å². The monoisotopic (exact) mass is 462 g/mol. The van der Waals surface area contributed by atoms with Crippen LogP contribution in [0.15, 0.2) is 108 Å². The van der Waals surface area contributed by atoms with Gasteiger partial charge < -0.3 is 9.52 Å². The molecule has 4 heteroatoms. The molecule has 0 unspecified atom stereocenters. The lowest BCUT2D eigenvalue weighted by molar-refractivity contribution is 0.482. The lowest BCUT2D eigenvalue weighted by Crippen LogP contribution is -1.90. The number of pyridine rings is 1. The molecule has 2 heterocycles. The average Bonchev–Trinajstić information content (AvgIpc) is 3.36. The molecule has 0 fully saturated rings. The summed E-state index contributed by atoms with van der Waals surface area (Å²) in [5, 5.41) is 18.9. The molecule has 2 aromatic heterocycles. The van der Waals surface area contributed by atoms with Crippen LogP contribution in [-0.2, 0) is 0 Å². The Labute approximate surface area is 205 Å². The Morgan fingerprint density at radius 1 is 0.583 bits per heavy atom. The molecule has 0 saturated carbocycles. The predicted molar refractivity (Wildman–Crippen MR) is 146 cm³/mol. The molecule has 36 heavy (non-hydrogen) atoms. The summed E-state index contributed by atoms with van der Waals surface area (Å²) in [6.45, 7) is 0. The molecular weight excluding hydrogens is 444 g/mol. The number of hydrogen-bond acceptors (Lipinski definition) is 4. The second kappa shape index (κ2) is 7.03. The fourth-order valence-corrected chi connectivity index (χ4v) is 5.56. The number of nitrogens with zero attached hydrogens (tertiary/aromatic N) is 2. The van der Waals surface area contributed by atoms with Crippen molar-refractivity contribution in [3.63, 3.8) is 0 Å². The summed E-state index contributed by atoms with van der Waals surface area (Å²) in [6, 6.07) is 32.7. The van der Waals surface area contributed by atoms with Crippen molar-refractivity contribution >= 4 is 54.3 Å². The van der Waals surface area contributed by atoms with Crippen LogP contribution >= 0.6 is 0 Å². The van der Waals surface area contributed by atoms with Crippen LogP contribution in [0.2, 0.25) is 0 Å². The highest BCUT2D eigenvalue weighted by Crippen LogP contribution is 2.44. The van der Waals surface area contributed by atoms with Gasteiger partial charge in [0.1, 0.15) is 16.8 Å². The van der Waals surface area contributed by atoms with Gasteiger partial charge in [0.05, 0.1) is 0 Å². The van der Waals surface area contributed by atoms with Crippen molar-refractivity contribution in [1.82, 2.24) is 9.97 Å². The highest BCUT2D eigenvalue weighted by atomic mass is 16.3. The third-order valence-corrected chi connectivity index (χ3v) is 7.23. The van der Waals surface area contributed by atoms with Crippen LogP contribution in [-0.4, -0.2) is 15.1 Å². The number of aromatic hydroxyl groups is 1. The maximum atomic E-state index is 11.2. The number of phenolic OH excluding ortho intramolecular Hbond substituents is 1. The van der Waals surface area contributed by atoms with E-state index in [2.05, 4.69) is 53.5 Å². The molecule has 0 saturated heterocycles. The summed E-state index contributed by atoms with van der Waals surface area (Å²) in [4.78, 5) is 9.19. The highest BCUT2D eigenvalue weighted by molar-refractivity contribution is 6.27. The van der Waals surface area contributed by atoms with E-state index in [1.165, 1.54) is 10.8 Å². The summed E-state index contributed by atoms with van der Waals surface area (Å²) in [6.07, 6.45) is 1.71. The predicted octanol–water partition coefficient (Wildman–Crippen LogP) is 8.31. The van der Waals surface area contributed by atoms with E-state index >= 15 is 0 Å². The van der Waals surface area contributed by atoms with Crippen LogP contribution < -0.4 is 0 Å². The van der Waals surface area contributed by atoms with E-state index in [1.807, 2.05) is 48.5 Å². The van der Waals surface area contributed by atoms with Crippen LogP contribution in [0.4, 0.5) is 0 Å². The van der Waals surface area contributed by atoms with Crippen molar-refractivity contribution in [2.24, 2.45) is 0 Å². The minimum Gasteiger partial charge on any atom is -0.505 e. The second-order valence-electron chi connectivity index (χ2n) is 9.17. The quantitative estimate of drug-likeness (QED) is 0.262. The largest absolute Gasteiger partial charge is 0.505 e. The van der Waals surface area contributed by atoms with Gasteiger partial charge in [-0.25, -0.2) is 4.98 Å². The van der Waals surface area contributed by atoms with Gasteiger partial charge in [0.15, 0.2) is 5.58 Å². The molecular formula is C32H18N2O2. The summed E-state index contributed by atoms with van der Waals surface area (Å²) in [7, 11) is 0. The molecule has 1 N–H and O–H groups in total. The lowest BCUT2D eigenvalue weighted by Gasteiger charge is -2.16. The van der Waals surface area contributed by atoms with Crippen LogP contribution in [0.3, 0.4) is 0 Å². The molecule has 8 rings (SSSR count). The first kappa shape index (κ1) is 19.4. The first-order valence-corrected chi connectivity index (χ1v) is 11.9. The minimum absolute atomic E-state index is 0.204. The Morgan fingerprint density at radius 3 is 2.06 bits per heavy atom. The summed E-state index contributed by atoms with van der Waals surface area (Å²) < 4.78 is 6.14. The lowest BCUT2D eigenvalue weighted by atomic mass is 9.88. The number of benzene rings is 6. The molecule has 0 atom stereocenters. The van der Waals surface area contributed by atoms with E-state index in [0.717, 1.165) is 54.7 Å². The second-order valence-corrected chi connectivity index (χ2v) is 9.17. The van der Waals surface area contributed by atoms with E-state index in [-0.39, 0.29) is 5.75 Å². The van der Waals surface area contributed by atoms with Gasteiger partial charge in [0, 0.05) is 22.7 Å². The third-order valence-electron chi connectivity index (χ3n) is 7.23. The van der Waals surface area contributed by atoms with Crippen molar-refractivity contribution in [3.05, 3.63) is 103 Å². The minimum atomic E-state index is 0.204. The maximum Gasteiger partial charge on any atom is 0.227 e. The topological polar surface area (TPSA) is 59.2 Å². The molecule has 0 aliphatic rings. The molecule has 0 bridgehead atoms. The molecule has 168 valence electrons. The Kier molecular flexibility index (Phi) is 3.78. The van der Waals surface area contributed by atoms with E-state index < -0.39 is 0 Å². The van der Waals surface area contributed by atoms with Crippen LogP contribution in [0.5, 0.6) is 5.75 Å². The molecule has 0 amide bonds. The van der Waals surface area contributed by atoms with Crippen LogP contribution in [0, 0.1) is 0 Å². The zero-order chi connectivity index (χ0) is 23.8. The molecule has 0 radical (unpaired) electrons. The first-order valence-electron chi connectivity index (χ1n) is 11.9. The van der Waals surface area contributed by atoms with Crippen LogP contribution in [0.1, 0.15) is 0 Å². The van der Waals surface area contributed by atoms with Gasteiger partial charge in [-0.05, 0) is 68.2 Å². The Bertz CT molecular complexity index is 2090. The molecule has 0 aliphatic carbocycles. The van der Waals surface area contributed by atoms with Crippen molar-refractivity contribution < 1.29 is 9.52 Å². The standard InChI is InChI=1S/C32H18N2O2/c35-31-24(15-11-20-4-3-17-33-30(20)31)21-12-7-18-9-14-23-25(32-34-26-5-1-2-6-27(26)36-32)16-10-19-8-13-22(21)28(18)29(19)23/h1-17,35H. The van der Waals surface area contributed by atoms with E-state index in [9.17, 15) is 5.11 Å². The number of oxazole rings is 1. The molecule has 8 aromatic rings. The number of para-hydroxylation sites is 2. The van der Waals surface area contributed by atoms with Crippen LogP contribution in [0.25, 0.3) is 76.9 Å². The molecule has 0 aliphatic heterocycles. The van der Waals surface area contributed by atoms with E-state index in [0.29, 0.717) is 11.4 Å². The summed E-state index contributed by atoms with van der Waals surface area (Å²) in [5.41, 5.74) is 4.96. The average molecular weight is 463 g/mol. The Morgan fingerprint density at radius 2 is 1.25 bits per heavy atom. The maximum absolute atomic E-state index is 11.2. The van der Waals surface area contributed by atoms with Gasteiger partial charge in [0.25, 0.3) is 0 Å². The van der Waals surface area contributed by atoms with Crippen molar-refractivity contribution in [1.29, 1.82) is 0 Å². The zero-order valence-corrected chi connectivity index (χ0v) is 19.1. The molecule has 6 aromatic carbocycles. The molecule has 0 spiro atoms. The fraction of sp³-hybridized carbons (Fsp3) is 0. The Hall–Kier alpha value is -4.96. The van der Waals surface area contributed by atoms with E-state index in [1.54, 1.807) is 6.20 Å². The highest BCUT2D eigenvalue weighted by Gasteiger charge is 2.18. The summed E-state index contributed by atoms with van der Waals surface area (Å²) >= 11 is 0. The van der Waals surface area contributed by atoms with Crippen molar-refractivity contribution in [2.75, 3.05) is 0 Å². The SMILES string of the molecule is Oc1c(-c2ccc3ccc4c(-c5nc6ccccc6o5)ccc5ccc2c3c54)ccc2cccnc12. The number of aromatic nitrogens is 2. The fourth-order valence-electron chi connectivity index (χ4n) is 5.56. The third kappa shape index (κ3) is 2.58. The number of phenols is 1. The van der Waals surface area contributed by atoms with Gasteiger partial charge in [-0.1, -0.05) is 66.7 Å². The summed E-state index contributed by atoms with van der Waals surface area (Å²) in [5.74, 6) is 0.822. The normalized spacial score (nSPS) is 12.0. The van der Waals surface area contributed by atoms with Gasteiger partial charge in [0.2, 0.25) is 5.89 Å². The van der Waals surface area contributed by atoms with Gasteiger partial charge in [-0.15, -0.1) is 0 Å². The van der Waals surface area contributed by atoms with E-state index in [4.69, 9.17) is 9.40 Å². The van der Waals surface area contributed by atoms with Crippen molar-refractivity contribution in [3.8, 4) is 28.3 Å². The van der Waals surface area contributed by atoms with Gasteiger partial charge in [-0.3, -0.25) is 4.98 Å². The number of fused-ring (bicyclic) bond motifs is 2. The smallest absolute Gasteiger partial charge is 0.227 e. The zero-order valence-electron chi connectivity index (χ0n) is 19.1. The van der Waals surface area contributed by atoms with Gasteiger partial charge >= 0.3 is 0 Å². The number of rotatable bonds is 2. The number of hydrogen-bond donors (Lipinski definition) is 1. The molecule has 4 nitrogen and oxygen atoms in total.